The third kappa shape index (κ3) is 7.15. The van der Waals surface area contributed by atoms with Crippen molar-refractivity contribution >= 4 is 5.96 Å². The minimum atomic E-state index is 0.400. The molecular weight excluding hydrogens is 336 g/mol. The number of ether oxygens (including phenoxy) is 1. The lowest BCUT2D eigenvalue weighted by Crippen LogP contribution is -2.47. The van der Waals surface area contributed by atoms with E-state index in [1.807, 2.05) is 7.05 Å². The highest BCUT2D eigenvalue weighted by atomic mass is 16.5. The second-order valence-electron chi connectivity index (χ2n) is 7.99. The van der Waals surface area contributed by atoms with E-state index < -0.39 is 0 Å². The number of nitrogens with zero attached hydrogens (tertiary/aromatic N) is 2. The van der Waals surface area contributed by atoms with Crippen molar-refractivity contribution < 1.29 is 4.74 Å². The number of benzene rings is 1. The highest BCUT2D eigenvalue weighted by Gasteiger charge is 2.36. The maximum atomic E-state index is 5.28. The zero-order chi connectivity index (χ0) is 19.5. The molecule has 2 N–H and O–H groups in total. The summed E-state index contributed by atoms with van der Waals surface area (Å²) in [4.78, 5) is 6.79. The molecular formula is C22H38N4O. The van der Waals surface area contributed by atoms with Gasteiger partial charge >= 0.3 is 0 Å². The lowest BCUT2D eigenvalue weighted by atomic mass is 9.67. The van der Waals surface area contributed by atoms with Gasteiger partial charge in [0.15, 0.2) is 5.96 Å². The number of rotatable bonds is 11. The Bertz CT molecular complexity index is 557. The molecule has 5 heteroatoms. The van der Waals surface area contributed by atoms with Crippen LogP contribution in [0.3, 0.4) is 0 Å². The van der Waals surface area contributed by atoms with Gasteiger partial charge in [-0.2, -0.15) is 0 Å². The first kappa shape index (κ1) is 21.7. The molecule has 0 spiro atoms. The summed E-state index contributed by atoms with van der Waals surface area (Å²) in [5.41, 5.74) is 1.76. The van der Waals surface area contributed by atoms with Crippen LogP contribution in [0.5, 0.6) is 0 Å². The highest BCUT2D eigenvalue weighted by molar-refractivity contribution is 5.79. The monoisotopic (exact) mass is 374 g/mol. The second-order valence-corrected chi connectivity index (χ2v) is 7.99. The van der Waals surface area contributed by atoms with Crippen LogP contribution in [0, 0.1) is 5.41 Å². The molecule has 1 aromatic carbocycles. The first-order valence-electron chi connectivity index (χ1n) is 10.3. The summed E-state index contributed by atoms with van der Waals surface area (Å²) < 4.78 is 5.28. The molecule has 0 radical (unpaired) electrons. The van der Waals surface area contributed by atoms with Gasteiger partial charge in [0.1, 0.15) is 0 Å². The maximum absolute atomic E-state index is 5.28. The maximum Gasteiger partial charge on any atom is 0.190 e. The lowest BCUT2D eigenvalue weighted by molar-refractivity contribution is 0.0732. The fourth-order valence-corrected chi connectivity index (χ4v) is 3.65. The number of aliphatic imine (C=N–C) groups is 1. The largest absolute Gasteiger partial charge is 0.385 e. The molecule has 2 rings (SSSR count). The van der Waals surface area contributed by atoms with Gasteiger partial charge in [0, 0.05) is 46.4 Å². The van der Waals surface area contributed by atoms with E-state index in [1.165, 1.54) is 24.8 Å². The molecule has 5 nitrogen and oxygen atoms in total. The van der Waals surface area contributed by atoms with Crippen molar-refractivity contribution in [3.8, 4) is 0 Å². The van der Waals surface area contributed by atoms with E-state index in [0.29, 0.717) is 11.5 Å². The van der Waals surface area contributed by atoms with Crippen molar-refractivity contribution in [2.45, 2.75) is 51.6 Å². The summed E-state index contributed by atoms with van der Waals surface area (Å²) in [5.74, 6) is 0.914. The van der Waals surface area contributed by atoms with Crippen molar-refractivity contribution in [1.29, 1.82) is 0 Å². The molecule has 27 heavy (non-hydrogen) atoms. The Morgan fingerprint density at radius 2 is 2.00 bits per heavy atom. The van der Waals surface area contributed by atoms with E-state index in [0.717, 1.165) is 45.0 Å². The van der Waals surface area contributed by atoms with Crippen LogP contribution in [0.4, 0.5) is 0 Å². The average molecular weight is 375 g/mol. The Balaban J connectivity index is 1.68. The van der Waals surface area contributed by atoms with Crippen LogP contribution < -0.4 is 10.6 Å². The van der Waals surface area contributed by atoms with Crippen molar-refractivity contribution in [1.82, 2.24) is 15.5 Å². The number of hydrogen-bond donors (Lipinski definition) is 2. The predicted molar refractivity (Wildman–Crippen MR) is 114 cm³/mol. The molecule has 0 aliphatic heterocycles. The quantitative estimate of drug-likeness (QED) is 0.461. The minimum Gasteiger partial charge on any atom is -0.385 e. The fraction of sp³-hybridized carbons (Fsp3) is 0.682. The van der Waals surface area contributed by atoms with Gasteiger partial charge in [0.05, 0.1) is 0 Å². The molecule has 0 saturated heterocycles. The van der Waals surface area contributed by atoms with Crippen LogP contribution >= 0.6 is 0 Å². The molecule has 1 aliphatic rings. The zero-order valence-corrected chi connectivity index (χ0v) is 17.6. The Morgan fingerprint density at radius 3 is 2.59 bits per heavy atom. The molecule has 1 aliphatic carbocycles. The van der Waals surface area contributed by atoms with Gasteiger partial charge in [-0.25, -0.2) is 0 Å². The Hall–Kier alpha value is -1.59. The summed E-state index contributed by atoms with van der Waals surface area (Å²) in [6, 6.07) is 11.2. The summed E-state index contributed by atoms with van der Waals surface area (Å²) in [6.07, 6.45) is 6.14. The highest BCUT2D eigenvalue weighted by Crippen LogP contribution is 2.43. The molecule has 1 atom stereocenters. The van der Waals surface area contributed by atoms with Crippen LogP contribution in [0.1, 0.15) is 44.6 Å². The van der Waals surface area contributed by atoms with Crippen molar-refractivity contribution in [3.05, 3.63) is 35.9 Å². The Kier molecular flexibility index (Phi) is 9.08. The molecule has 1 fully saturated rings. The summed E-state index contributed by atoms with van der Waals surface area (Å²) in [6.45, 7) is 6.02. The Labute approximate surface area is 165 Å². The SMILES string of the molecule is CN=C(NCCC(C)N(C)Cc1ccccc1)NCC1(CCOC)CCC1. The number of methoxy groups -OCH3 is 1. The summed E-state index contributed by atoms with van der Waals surface area (Å²) >= 11 is 0. The van der Waals surface area contributed by atoms with Crippen LogP contribution in [0.15, 0.2) is 35.3 Å². The first-order valence-corrected chi connectivity index (χ1v) is 10.3. The molecule has 0 amide bonds. The predicted octanol–water partition coefficient (Wildman–Crippen LogP) is 3.27. The van der Waals surface area contributed by atoms with Crippen LogP contribution in [-0.4, -0.2) is 57.8 Å². The summed E-state index contributed by atoms with van der Waals surface area (Å²) in [7, 11) is 5.83. The molecule has 1 unspecified atom stereocenters. The first-order chi connectivity index (χ1) is 13.1. The van der Waals surface area contributed by atoms with Crippen LogP contribution in [0.2, 0.25) is 0 Å². The van der Waals surface area contributed by atoms with E-state index in [1.54, 1.807) is 7.11 Å². The van der Waals surface area contributed by atoms with Gasteiger partial charge < -0.3 is 15.4 Å². The summed E-state index contributed by atoms with van der Waals surface area (Å²) in [5, 5.41) is 7.01. The molecule has 1 saturated carbocycles. The number of hydrogen-bond acceptors (Lipinski definition) is 3. The Morgan fingerprint density at radius 1 is 1.26 bits per heavy atom. The minimum absolute atomic E-state index is 0.400. The van der Waals surface area contributed by atoms with Crippen LogP contribution in [-0.2, 0) is 11.3 Å². The molecule has 0 bridgehead atoms. The van der Waals surface area contributed by atoms with E-state index in [4.69, 9.17) is 4.74 Å². The zero-order valence-electron chi connectivity index (χ0n) is 17.6. The van der Waals surface area contributed by atoms with Crippen molar-refractivity contribution in [2.24, 2.45) is 10.4 Å². The smallest absolute Gasteiger partial charge is 0.190 e. The van der Waals surface area contributed by atoms with Gasteiger partial charge in [-0.1, -0.05) is 36.8 Å². The molecule has 1 aromatic rings. The standard InChI is InChI=1S/C22H38N4O/c1-19(26(3)17-20-9-6-5-7-10-20)11-15-24-21(23-2)25-18-22(12-8-13-22)14-16-27-4/h5-7,9-10,19H,8,11-18H2,1-4H3,(H2,23,24,25). The van der Waals surface area contributed by atoms with E-state index in [2.05, 4.69) is 64.8 Å². The normalized spacial score (nSPS) is 17.4. The molecule has 0 heterocycles. The van der Waals surface area contributed by atoms with Gasteiger partial charge in [0.25, 0.3) is 0 Å². The van der Waals surface area contributed by atoms with E-state index in [9.17, 15) is 0 Å². The van der Waals surface area contributed by atoms with E-state index >= 15 is 0 Å². The number of guanidine groups is 1. The molecule has 152 valence electrons. The van der Waals surface area contributed by atoms with Gasteiger partial charge in [-0.05, 0) is 50.6 Å². The third-order valence-electron chi connectivity index (χ3n) is 5.99. The van der Waals surface area contributed by atoms with Gasteiger partial charge in [-0.3, -0.25) is 9.89 Å². The topological polar surface area (TPSA) is 48.9 Å². The molecule has 0 aromatic heterocycles. The lowest BCUT2D eigenvalue weighted by Gasteiger charge is -2.42. The van der Waals surface area contributed by atoms with E-state index in [-0.39, 0.29) is 0 Å². The van der Waals surface area contributed by atoms with Gasteiger partial charge in [-0.15, -0.1) is 0 Å². The second kappa shape index (κ2) is 11.3. The third-order valence-corrected chi connectivity index (χ3v) is 5.99. The van der Waals surface area contributed by atoms with Crippen LogP contribution in [0.25, 0.3) is 0 Å². The fourth-order valence-electron chi connectivity index (χ4n) is 3.65. The van der Waals surface area contributed by atoms with Gasteiger partial charge in [0.2, 0.25) is 0 Å². The van der Waals surface area contributed by atoms with Crippen molar-refractivity contribution in [3.63, 3.8) is 0 Å². The average Bonchev–Trinajstić information content (AvgIpc) is 2.65. The van der Waals surface area contributed by atoms with Crippen molar-refractivity contribution in [2.75, 3.05) is 40.9 Å². The number of nitrogens with one attached hydrogen (secondary N) is 2.